The number of methoxy groups -OCH3 is 1. The lowest BCUT2D eigenvalue weighted by Gasteiger charge is -2.33. The van der Waals surface area contributed by atoms with Crippen LogP contribution in [0, 0.1) is 5.82 Å². The van der Waals surface area contributed by atoms with Gasteiger partial charge in [-0.05, 0) is 68.2 Å². The van der Waals surface area contributed by atoms with Crippen LogP contribution in [0.4, 0.5) is 10.1 Å². The minimum Gasteiger partial charge on any atom is -0.496 e. The smallest absolute Gasteiger partial charge is 0.129 e. The first-order chi connectivity index (χ1) is 15.8. The van der Waals surface area contributed by atoms with Gasteiger partial charge in [0.05, 0.1) is 12.6 Å². The molecule has 0 unspecified atom stereocenters. The molecule has 0 aromatic heterocycles. The second-order valence-electron chi connectivity index (χ2n) is 8.92. The third-order valence-electron chi connectivity index (χ3n) is 5.90. The van der Waals surface area contributed by atoms with Crippen molar-refractivity contribution in [2.45, 2.75) is 39.3 Å². The molecule has 0 atom stereocenters. The third kappa shape index (κ3) is 4.65. The predicted octanol–water partition coefficient (Wildman–Crippen LogP) is 7.42. The largest absolute Gasteiger partial charge is 0.496 e. The molecule has 3 aromatic carbocycles. The fourth-order valence-electron chi connectivity index (χ4n) is 4.61. The highest BCUT2D eigenvalue weighted by atomic mass is 19.1. The molecule has 0 amide bonds. The van der Waals surface area contributed by atoms with Gasteiger partial charge in [-0.15, -0.1) is 6.58 Å². The summed E-state index contributed by atoms with van der Waals surface area (Å²) in [5.41, 5.74) is 7.10. The number of halogens is 1. The van der Waals surface area contributed by atoms with Crippen molar-refractivity contribution >= 4 is 11.3 Å². The number of para-hydroxylation sites is 1. The maximum absolute atomic E-state index is 13.9. The highest BCUT2D eigenvalue weighted by Crippen LogP contribution is 2.43. The Bertz CT molecular complexity index is 1230. The molecule has 1 aliphatic rings. The highest BCUT2D eigenvalue weighted by molar-refractivity contribution is 5.88. The maximum atomic E-state index is 13.9. The molecule has 33 heavy (non-hydrogen) atoms. The van der Waals surface area contributed by atoms with Gasteiger partial charge in [0.2, 0.25) is 0 Å². The van der Waals surface area contributed by atoms with Crippen molar-refractivity contribution in [3.8, 4) is 22.6 Å². The molecule has 0 bridgehead atoms. The number of ether oxygens (including phenoxy) is 2. The second kappa shape index (κ2) is 9.14. The number of hydrogen-bond donors (Lipinski definition) is 1. The van der Waals surface area contributed by atoms with Crippen molar-refractivity contribution in [2.75, 3.05) is 12.4 Å². The fourth-order valence-corrected chi connectivity index (χ4v) is 4.61. The molecule has 4 rings (SSSR count). The zero-order chi connectivity index (χ0) is 23.6. The van der Waals surface area contributed by atoms with E-state index in [0.29, 0.717) is 12.4 Å². The van der Waals surface area contributed by atoms with E-state index in [0.717, 1.165) is 45.7 Å². The Morgan fingerprint density at radius 2 is 1.79 bits per heavy atom. The number of rotatable bonds is 7. The molecule has 3 aromatic rings. The Kier molecular flexibility index (Phi) is 6.28. The predicted molar refractivity (Wildman–Crippen MR) is 134 cm³/mol. The number of benzene rings is 3. The van der Waals surface area contributed by atoms with E-state index in [4.69, 9.17) is 9.47 Å². The highest BCUT2D eigenvalue weighted by Gasteiger charge is 2.27. The molecule has 1 N–H and O–H groups in total. The van der Waals surface area contributed by atoms with Crippen molar-refractivity contribution in [2.24, 2.45) is 0 Å². The average Bonchev–Trinajstić information content (AvgIpc) is 2.77. The molecule has 4 heteroatoms. The lowest BCUT2D eigenvalue weighted by atomic mass is 9.85. The Balaban J connectivity index is 1.86. The summed E-state index contributed by atoms with van der Waals surface area (Å²) in [6.07, 6.45) is 4.84. The van der Waals surface area contributed by atoms with E-state index in [2.05, 4.69) is 56.9 Å². The first kappa shape index (κ1) is 22.7. The SMILES string of the molecule is C=CCc1ccccc1OCc1c(-c2ccc(F)cc2OC)ccc2c1C(C)=CC(C)(C)N2. The van der Waals surface area contributed by atoms with Crippen LogP contribution in [-0.4, -0.2) is 12.6 Å². The van der Waals surface area contributed by atoms with Gasteiger partial charge in [0.25, 0.3) is 0 Å². The van der Waals surface area contributed by atoms with E-state index in [1.807, 2.05) is 24.3 Å². The zero-order valence-electron chi connectivity index (χ0n) is 19.7. The summed E-state index contributed by atoms with van der Waals surface area (Å²) in [5.74, 6) is 0.996. The van der Waals surface area contributed by atoms with Gasteiger partial charge in [-0.2, -0.15) is 0 Å². The number of fused-ring (bicyclic) bond motifs is 1. The molecule has 1 aliphatic heterocycles. The molecule has 0 saturated heterocycles. The maximum Gasteiger partial charge on any atom is 0.129 e. The van der Waals surface area contributed by atoms with Crippen molar-refractivity contribution in [1.29, 1.82) is 0 Å². The zero-order valence-corrected chi connectivity index (χ0v) is 19.7. The van der Waals surface area contributed by atoms with E-state index in [9.17, 15) is 4.39 Å². The van der Waals surface area contributed by atoms with Gasteiger partial charge >= 0.3 is 0 Å². The molecule has 3 nitrogen and oxygen atoms in total. The van der Waals surface area contributed by atoms with Gasteiger partial charge in [0.1, 0.15) is 23.9 Å². The average molecular weight is 444 g/mol. The van der Waals surface area contributed by atoms with Gasteiger partial charge in [-0.25, -0.2) is 4.39 Å². The number of allylic oxidation sites excluding steroid dienone is 2. The van der Waals surface area contributed by atoms with Gasteiger partial charge in [-0.3, -0.25) is 0 Å². The first-order valence-electron chi connectivity index (χ1n) is 11.1. The summed E-state index contributed by atoms with van der Waals surface area (Å²) in [6, 6.07) is 16.8. The molecule has 0 radical (unpaired) electrons. The Morgan fingerprint density at radius 1 is 1.03 bits per heavy atom. The molecule has 0 aliphatic carbocycles. The van der Waals surface area contributed by atoms with Crippen molar-refractivity contribution < 1.29 is 13.9 Å². The van der Waals surface area contributed by atoms with E-state index >= 15 is 0 Å². The Labute approximate surface area is 195 Å². The fraction of sp³-hybridized carbons (Fsp3) is 0.241. The van der Waals surface area contributed by atoms with E-state index in [1.165, 1.54) is 17.7 Å². The molecule has 0 saturated carbocycles. The summed E-state index contributed by atoms with van der Waals surface area (Å²) < 4.78 is 25.8. The van der Waals surface area contributed by atoms with Crippen LogP contribution in [0.3, 0.4) is 0 Å². The van der Waals surface area contributed by atoms with Crippen LogP contribution in [0.15, 0.2) is 73.3 Å². The van der Waals surface area contributed by atoms with Crippen LogP contribution in [0.25, 0.3) is 16.7 Å². The second-order valence-corrected chi connectivity index (χ2v) is 8.92. The van der Waals surface area contributed by atoms with Gasteiger partial charge in [0.15, 0.2) is 0 Å². The molecular weight excluding hydrogens is 413 g/mol. The van der Waals surface area contributed by atoms with Gasteiger partial charge in [0, 0.05) is 28.4 Å². The lowest BCUT2D eigenvalue weighted by molar-refractivity contribution is 0.303. The van der Waals surface area contributed by atoms with Crippen LogP contribution in [-0.2, 0) is 13.0 Å². The minimum atomic E-state index is -0.329. The van der Waals surface area contributed by atoms with Crippen LogP contribution in [0.1, 0.15) is 37.5 Å². The molecular formula is C29H30FNO2. The number of hydrogen-bond acceptors (Lipinski definition) is 3. The van der Waals surface area contributed by atoms with Crippen molar-refractivity contribution in [1.82, 2.24) is 0 Å². The van der Waals surface area contributed by atoms with Crippen LogP contribution in [0.2, 0.25) is 0 Å². The minimum absolute atomic E-state index is 0.152. The Hall–Kier alpha value is -3.53. The summed E-state index contributed by atoms with van der Waals surface area (Å²) in [6.45, 7) is 10.7. The summed E-state index contributed by atoms with van der Waals surface area (Å²) in [7, 11) is 1.56. The standard InChI is InChI=1S/C29H30FNO2/c1-6-9-20-10-7-8-11-26(20)33-18-24-22(23-13-12-21(30)16-27(23)32-5)14-15-25-28(24)19(2)17-29(3,4)31-25/h6-8,10-17,31H,1,9,18H2,2-5H3. The normalized spacial score (nSPS) is 14.0. The monoisotopic (exact) mass is 443 g/mol. The van der Waals surface area contributed by atoms with Gasteiger partial charge in [-0.1, -0.05) is 36.4 Å². The lowest BCUT2D eigenvalue weighted by Crippen LogP contribution is -2.32. The molecule has 170 valence electrons. The summed E-state index contributed by atoms with van der Waals surface area (Å²) in [4.78, 5) is 0. The molecule has 1 heterocycles. The van der Waals surface area contributed by atoms with E-state index in [1.54, 1.807) is 13.2 Å². The van der Waals surface area contributed by atoms with Crippen molar-refractivity contribution in [3.63, 3.8) is 0 Å². The van der Waals surface area contributed by atoms with Crippen molar-refractivity contribution in [3.05, 3.63) is 95.8 Å². The Morgan fingerprint density at radius 3 is 2.55 bits per heavy atom. The summed E-state index contributed by atoms with van der Waals surface area (Å²) >= 11 is 0. The van der Waals surface area contributed by atoms with E-state index < -0.39 is 0 Å². The topological polar surface area (TPSA) is 30.5 Å². The molecule has 0 fully saturated rings. The first-order valence-corrected chi connectivity index (χ1v) is 11.1. The quantitative estimate of drug-likeness (QED) is 0.386. The van der Waals surface area contributed by atoms with Crippen LogP contribution < -0.4 is 14.8 Å². The van der Waals surface area contributed by atoms with Crippen LogP contribution >= 0.6 is 0 Å². The van der Waals surface area contributed by atoms with Gasteiger partial charge < -0.3 is 14.8 Å². The number of nitrogens with one attached hydrogen (secondary N) is 1. The van der Waals surface area contributed by atoms with E-state index in [-0.39, 0.29) is 11.4 Å². The van der Waals surface area contributed by atoms with Crippen LogP contribution in [0.5, 0.6) is 11.5 Å². The number of anilines is 1. The third-order valence-corrected chi connectivity index (χ3v) is 5.90. The molecule has 0 spiro atoms. The summed E-state index contributed by atoms with van der Waals surface area (Å²) in [5, 5.41) is 3.62.